The van der Waals surface area contributed by atoms with Gasteiger partial charge >= 0.3 is 0 Å². The van der Waals surface area contributed by atoms with Crippen LogP contribution < -0.4 is 5.32 Å². The van der Waals surface area contributed by atoms with Crippen molar-refractivity contribution in [1.82, 2.24) is 5.32 Å². The van der Waals surface area contributed by atoms with Crippen molar-refractivity contribution < 1.29 is 13.2 Å². The molecule has 0 amide bonds. The predicted molar refractivity (Wildman–Crippen MR) is 73.3 cm³/mol. The number of rotatable bonds is 4. The Bertz CT molecular complexity index is 616. The van der Waals surface area contributed by atoms with Crippen LogP contribution in [-0.4, -0.2) is 6.54 Å². The van der Waals surface area contributed by atoms with Crippen molar-refractivity contribution in [2.24, 2.45) is 0 Å². The SMILES string of the molecule is CCNC(c1ccc(F)c(Cl)c1)c1cccc(F)c1F. The Morgan fingerprint density at radius 1 is 1.10 bits per heavy atom. The largest absolute Gasteiger partial charge is 0.306 e. The molecule has 0 saturated heterocycles. The van der Waals surface area contributed by atoms with Crippen molar-refractivity contribution in [3.8, 4) is 0 Å². The van der Waals surface area contributed by atoms with E-state index in [2.05, 4.69) is 5.32 Å². The lowest BCUT2D eigenvalue weighted by molar-refractivity contribution is 0.483. The molecule has 1 atom stereocenters. The van der Waals surface area contributed by atoms with Gasteiger partial charge in [-0.15, -0.1) is 0 Å². The first-order chi connectivity index (χ1) is 9.54. The fourth-order valence-corrected chi connectivity index (χ4v) is 2.24. The lowest BCUT2D eigenvalue weighted by Gasteiger charge is -2.20. The second kappa shape index (κ2) is 6.29. The molecule has 2 aromatic carbocycles. The molecule has 0 bridgehead atoms. The van der Waals surface area contributed by atoms with Crippen LogP contribution in [0.4, 0.5) is 13.2 Å². The van der Waals surface area contributed by atoms with E-state index in [0.717, 1.165) is 6.07 Å². The molecule has 2 rings (SSSR count). The molecule has 5 heteroatoms. The van der Waals surface area contributed by atoms with Gasteiger partial charge in [0.1, 0.15) is 5.82 Å². The Kier molecular flexibility index (Phi) is 4.68. The molecule has 0 aromatic heterocycles. The Balaban J connectivity index is 2.50. The molecule has 0 aliphatic carbocycles. The molecule has 0 fully saturated rings. The van der Waals surface area contributed by atoms with E-state index in [9.17, 15) is 13.2 Å². The molecule has 0 spiro atoms. The number of benzene rings is 2. The van der Waals surface area contributed by atoms with Crippen molar-refractivity contribution in [3.63, 3.8) is 0 Å². The maximum absolute atomic E-state index is 13.9. The minimum absolute atomic E-state index is 0.0535. The van der Waals surface area contributed by atoms with Crippen LogP contribution in [0.5, 0.6) is 0 Å². The standard InChI is InChI=1S/C15H13ClF3N/c1-2-20-15(9-6-7-12(17)11(16)8-9)10-4-3-5-13(18)14(10)19/h3-8,15,20H,2H2,1H3. The summed E-state index contributed by atoms with van der Waals surface area (Å²) in [7, 11) is 0. The van der Waals surface area contributed by atoms with Gasteiger partial charge < -0.3 is 5.32 Å². The van der Waals surface area contributed by atoms with E-state index < -0.39 is 23.5 Å². The predicted octanol–water partition coefficient (Wildman–Crippen LogP) is 4.46. The maximum Gasteiger partial charge on any atom is 0.163 e. The second-order valence-corrected chi connectivity index (χ2v) is 4.71. The summed E-state index contributed by atoms with van der Waals surface area (Å²) in [6, 6.07) is 7.51. The third-order valence-corrected chi connectivity index (χ3v) is 3.27. The zero-order chi connectivity index (χ0) is 14.7. The number of nitrogens with one attached hydrogen (secondary N) is 1. The van der Waals surface area contributed by atoms with Crippen LogP contribution >= 0.6 is 11.6 Å². The van der Waals surface area contributed by atoms with E-state index in [4.69, 9.17) is 11.6 Å². The van der Waals surface area contributed by atoms with Gasteiger partial charge in [-0.1, -0.05) is 36.7 Å². The van der Waals surface area contributed by atoms with Crippen LogP contribution in [-0.2, 0) is 0 Å². The minimum atomic E-state index is -0.918. The van der Waals surface area contributed by atoms with E-state index in [-0.39, 0.29) is 10.6 Å². The fourth-order valence-electron chi connectivity index (χ4n) is 2.05. The van der Waals surface area contributed by atoms with Crippen LogP contribution in [0.3, 0.4) is 0 Å². The lowest BCUT2D eigenvalue weighted by Crippen LogP contribution is -2.23. The number of hydrogen-bond acceptors (Lipinski definition) is 1. The van der Waals surface area contributed by atoms with Crippen molar-refractivity contribution in [2.45, 2.75) is 13.0 Å². The molecular formula is C15H13ClF3N. The first-order valence-corrected chi connectivity index (χ1v) is 6.54. The quantitative estimate of drug-likeness (QED) is 0.879. The molecular weight excluding hydrogens is 287 g/mol. The van der Waals surface area contributed by atoms with Crippen LogP contribution in [0.25, 0.3) is 0 Å². The van der Waals surface area contributed by atoms with Crippen LogP contribution in [0.1, 0.15) is 24.1 Å². The average Bonchev–Trinajstić information content (AvgIpc) is 2.43. The molecule has 0 heterocycles. The molecule has 0 saturated carbocycles. The highest BCUT2D eigenvalue weighted by molar-refractivity contribution is 6.30. The summed E-state index contributed by atoms with van der Waals surface area (Å²) in [5, 5.41) is 2.99. The van der Waals surface area contributed by atoms with Gasteiger partial charge in [-0.3, -0.25) is 0 Å². The molecule has 0 aliphatic heterocycles. The summed E-state index contributed by atoms with van der Waals surface area (Å²) in [5.74, 6) is -2.39. The molecule has 106 valence electrons. The molecule has 20 heavy (non-hydrogen) atoms. The topological polar surface area (TPSA) is 12.0 Å². The first-order valence-electron chi connectivity index (χ1n) is 6.16. The van der Waals surface area contributed by atoms with Gasteiger partial charge in [0.2, 0.25) is 0 Å². The summed E-state index contributed by atoms with van der Waals surface area (Å²) in [4.78, 5) is 0. The molecule has 1 unspecified atom stereocenters. The highest BCUT2D eigenvalue weighted by Crippen LogP contribution is 2.28. The summed E-state index contributed by atoms with van der Waals surface area (Å²) in [6.45, 7) is 2.38. The number of halogens is 4. The van der Waals surface area contributed by atoms with Gasteiger partial charge in [0.25, 0.3) is 0 Å². The average molecular weight is 300 g/mol. The summed E-state index contributed by atoms with van der Waals surface area (Å²) in [5.41, 5.74) is 0.734. The van der Waals surface area contributed by atoms with E-state index in [1.165, 1.54) is 30.3 Å². The van der Waals surface area contributed by atoms with E-state index in [1.54, 1.807) is 0 Å². The Hall–Kier alpha value is -1.52. The van der Waals surface area contributed by atoms with Gasteiger partial charge in [0, 0.05) is 5.56 Å². The van der Waals surface area contributed by atoms with Crippen molar-refractivity contribution in [3.05, 3.63) is 70.0 Å². The molecule has 1 nitrogen and oxygen atoms in total. The molecule has 2 aromatic rings. The van der Waals surface area contributed by atoms with Gasteiger partial charge in [0.05, 0.1) is 11.1 Å². The monoisotopic (exact) mass is 299 g/mol. The van der Waals surface area contributed by atoms with Crippen molar-refractivity contribution in [1.29, 1.82) is 0 Å². The van der Waals surface area contributed by atoms with Crippen LogP contribution in [0.15, 0.2) is 36.4 Å². The smallest absolute Gasteiger partial charge is 0.163 e. The highest BCUT2D eigenvalue weighted by atomic mass is 35.5. The zero-order valence-electron chi connectivity index (χ0n) is 10.8. The third-order valence-electron chi connectivity index (χ3n) is 2.98. The van der Waals surface area contributed by atoms with Crippen molar-refractivity contribution >= 4 is 11.6 Å². The van der Waals surface area contributed by atoms with Gasteiger partial charge in [-0.25, -0.2) is 13.2 Å². The molecule has 0 radical (unpaired) electrons. The van der Waals surface area contributed by atoms with E-state index in [1.807, 2.05) is 6.92 Å². The van der Waals surface area contributed by atoms with Crippen LogP contribution in [0, 0.1) is 17.5 Å². The second-order valence-electron chi connectivity index (χ2n) is 4.31. The Labute approximate surface area is 120 Å². The Morgan fingerprint density at radius 3 is 2.50 bits per heavy atom. The Morgan fingerprint density at radius 2 is 1.85 bits per heavy atom. The fraction of sp³-hybridized carbons (Fsp3) is 0.200. The van der Waals surface area contributed by atoms with E-state index >= 15 is 0 Å². The van der Waals surface area contributed by atoms with Crippen LogP contribution in [0.2, 0.25) is 5.02 Å². The summed E-state index contributed by atoms with van der Waals surface area (Å²) in [6.07, 6.45) is 0. The van der Waals surface area contributed by atoms with Gasteiger partial charge in [-0.2, -0.15) is 0 Å². The summed E-state index contributed by atoms with van der Waals surface area (Å²) >= 11 is 5.75. The van der Waals surface area contributed by atoms with Crippen molar-refractivity contribution in [2.75, 3.05) is 6.54 Å². The lowest BCUT2D eigenvalue weighted by atomic mass is 9.98. The molecule has 1 N–H and O–H groups in total. The summed E-state index contributed by atoms with van der Waals surface area (Å²) < 4.78 is 40.5. The minimum Gasteiger partial charge on any atom is -0.306 e. The van der Waals surface area contributed by atoms with Gasteiger partial charge in [-0.05, 0) is 30.3 Å². The highest BCUT2D eigenvalue weighted by Gasteiger charge is 2.20. The molecule has 0 aliphatic rings. The van der Waals surface area contributed by atoms with Gasteiger partial charge in [0.15, 0.2) is 11.6 Å². The first kappa shape index (κ1) is 14.9. The van der Waals surface area contributed by atoms with E-state index in [0.29, 0.717) is 12.1 Å². The number of hydrogen-bond donors (Lipinski definition) is 1. The normalized spacial score (nSPS) is 12.4. The maximum atomic E-state index is 13.9. The third kappa shape index (κ3) is 2.97. The zero-order valence-corrected chi connectivity index (χ0v) is 11.5.